The van der Waals surface area contributed by atoms with E-state index >= 15 is 0 Å². The van der Waals surface area contributed by atoms with Gasteiger partial charge >= 0.3 is 0 Å². The fourth-order valence-corrected chi connectivity index (χ4v) is 2.70. The highest BCUT2D eigenvalue weighted by Gasteiger charge is 2.05. The molecule has 4 heteroatoms. The van der Waals surface area contributed by atoms with Crippen molar-refractivity contribution in [3.63, 3.8) is 0 Å². The van der Waals surface area contributed by atoms with Crippen molar-refractivity contribution in [1.82, 2.24) is 10.3 Å². The topological polar surface area (TPSA) is 38.1 Å². The molecule has 0 aliphatic carbocycles. The monoisotopic (exact) mass is 264 g/mol. The maximum atomic E-state index is 5.33. The fraction of sp³-hybridized carbons (Fsp3) is 0.500. The zero-order valence-electron chi connectivity index (χ0n) is 11.0. The molecule has 2 aromatic rings. The van der Waals surface area contributed by atoms with Gasteiger partial charge in [-0.15, -0.1) is 11.3 Å². The predicted octanol–water partition coefficient (Wildman–Crippen LogP) is 3.20. The van der Waals surface area contributed by atoms with E-state index in [-0.39, 0.29) is 0 Å². The van der Waals surface area contributed by atoms with Crippen LogP contribution >= 0.6 is 11.3 Å². The third kappa shape index (κ3) is 3.96. The second-order valence-electron chi connectivity index (χ2n) is 4.58. The highest BCUT2D eigenvalue weighted by Crippen LogP contribution is 2.12. The summed E-state index contributed by atoms with van der Waals surface area (Å²) in [4.78, 5) is 5.65. The lowest BCUT2D eigenvalue weighted by Crippen LogP contribution is -2.28. The molecule has 0 saturated carbocycles. The largest absolute Gasteiger partial charge is 0.469 e. The second-order valence-corrected chi connectivity index (χ2v) is 5.52. The number of furan rings is 1. The van der Waals surface area contributed by atoms with Gasteiger partial charge in [-0.2, -0.15) is 0 Å². The number of nitrogens with zero attached hydrogens (tertiary/aromatic N) is 1. The van der Waals surface area contributed by atoms with Gasteiger partial charge in [-0.3, -0.25) is 0 Å². The molecule has 2 aromatic heterocycles. The molecule has 0 saturated heterocycles. The molecular formula is C14H20N2OS. The summed E-state index contributed by atoms with van der Waals surface area (Å²) < 4.78 is 5.33. The van der Waals surface area contributed by atoms with E-state index in [0.717, 1.165) is 31.6 Å². The summed E-state index contributed by atoms with van der Waals surface area (Å²) in [7, 11) is 0. The normalized spacial score (nSPS) is 12.8. The van der Waals surface area contributed by atoms with E-state index in [9.17, 15) is 0 Å². The number of rotatable bonds is 7. The van der Waals surface area contributed by atoms with Crippen LogP contribution in [0.1, 0.15) is 29.7 Å². The third-order valence-corrected chi connectivity index (χ3v) is 4.09. The van der Waals surface area contributed by atoms with Crippen molar-refractivity contribution >= 4 is 11.3 Å². The van der Waals surface area contributed by atoms with Crippen LogP contribution in [0.2, 0.25) is 0 Å². The van der Waals surface area contributed by atoms with Gasteiger partial charge in [0.15, 0.2) is 0 Å². The molecule has 0 aliphatic heterocycles. The number of aromatic nitrogens is 1. The van der Waals surface area contributed by atoms with E-state index in [1.807, 2.05) is 17.6 Å². The Hall–Kier alpha value is -1.13. The van der Waals surface area contributed by atoms with Gasteiger partial charge in [0.05, 0.1) is 17.5 Å². The zero-order chi connectivity index (χ0) is 12.8. The zero-order valence-corrected chi connectivity index (χ0v) is 11.8. The van der Waals surface area contributed by atoms with Gasteiger partial charge < -0.3 is 9.73 Å². The molecule has 1 N–H and O–H groups in total. The van der Waals surface area contributed by atoms with Crippen molar-refractivity contribution in [2.75, 3.05) is 6.54 Å². The maximum Gasteiger partial charge on any atom is 0.103 e. The molecule has 1 atom stereocenters. The minimum atomic E-state index is 0.517. The van der Waals surface area contributed by atoms with Gasteiger partial charge in [-0.25, -0.2) is 4.98 Å². The van der Waals surface area contributed by atoms with Crippen LogP contribution in [-0.2, 0) is 12.8 Å². The molecule has 1 unspecified atom stereocenters. The first-order valence-electron chi connectivity index (χ1n) is 6.40. The Labute approximate surface area is 112 Å². The van der Waals surface area contributed by atoms with Crippen LogP contribution in [0.25, 0.3) is 0 Å². The van der Waals surface area contributed by atoms with E-state index in [0.29, 0.717) is 6.04 Å². The molecule has 0 fully saturated rings. The lowest BCUT2D eigenvalue weighted by molar-refractivity contribution is 0.462. The highest BCUT2D eigenvalue weighted by atomic mass is 32.1. The molecule has 0 aliphatic rings. The number of aryl methyl sites for hydroxylation is 2. The first-order chi connectivity index (χ1) is 8.75. The van der Waals surface area contributed by atoms with E-state index in [1.54, 1.807) is 17.6 Å². The van der Waals surface area contributed by atoms with Crippen molar-refractivity contribution < 1.29 is 4.42 Å². The van der Waals surface area contributed by atoms with Crippen LogP contribution in [-0.4, -0.2) is 17.6 Å². The Morgan fingerprint density at radius 2 is 2.33 bits per heavy atom. The van der Waals surface area contributed by atoms with Crippen LogP contribution in [0.5, 0.6) is 0 Å². The van der Waals surface area contributed by atoms with Gasteiger partial charge in [0.25, 0.3) is 0 Å². The molecule has 2 heterocycles. The summed E-state index contributed by atoms with van der Waals surface area (Å²) in [6.07, 6.45) is 4.91. The molecule has 0 bridgehead atoms. The minimum absolute atomic E-state index is 0.517. The second kappa shape index (κ2) is 6.71. The SMILES string of the molecule is Cc1ncsc1CCNC(C)CCc1ccco1. The quantitative estimate of drug-likeness (QED) is 0.834. The van der Waals surface area contributed by atoms with Crippen LogP contribution in [0, 0.1) is 6.92 Å². The highest BCUT2D eigenvalue weighted by molar-refractivity contribution is 7.09. The summed E-state index contributed by atoms with van der Waals surface area (Å²) in [5.41, 5.74) is 3.09. The van der Waals surface area contributed by atoms with Crippen molar-refractivity contribution in [2.45, 2.75) is 39.2 Å². The van der Waals surface area contributed by atoms with Gasteiger partial charge in [0.1, 0.15) is 5.76 Å². The molecule has 18 heavy (non-hydrogen) atoms. The van der Waals surface area contributed by atoms with Crippen LogP contribution in [0.15, 0.2) is 28.3 Å². The Bertz CT molecular complexity index is 450. The number of thiazole rings is 1. The summed E-state index contributed by atoms with van der Waals surface area (Å²) in [5.74, 6) is 1.07. The Morgan fingerprint density at radius 3 is 3.00 bits per heavy atom. The average molecular weight is 264 g/mol. The van der Waals surface area contributed by atoms with Gasteiger partial charge in [0.2, 0.25) is 0 Å². The lowest BCUT2D eigenvalue weighted by Gasteiger charge is -2.12. The van der Waals surface area contributed by atoms with E-state index in [2.05, 4.69) is 24.1 Å². The van der Waals surface area contributed by atoms with Crippen LogP contribution < -0.4 is 5.32 Å². The average Bonchev–Trinajstić information content (AvgIpc) is 2.99. The first-order valence-corrected chi connectivity index (χ1v) is 7.28. The first kappa shape index (κ1) is 13.3. The molecular weight excluding hydrogens is 244 g/mol. The molecule has 0 spiro atoms. The summed E-state index contributed by atoms with van der Waals surface area (Å²) in [6, 6.07) is 4.50. The van der Waals surface area contributed by atoms with Gasteiger partial charge in [0, 0.05) is 23.9 Å². The minimum Gasteiger partial charge on any atom is -0.469 e. The standard InChI is InChI=1S/C14H20N2OS/c1-11(5-6-13-4-3-9-17-13)15-8-7-14-12(2)16-10-18-14/h3-4,9-11,15H,5-8H2,1-2H3. The smallest absolute Gasteiger partial charge is 0.103 e. The van der Waals surface area contributed by atoms with E-state index < -0.39 is 0 Å². The molecule has 0 amide bonds. The van der Waals surface area contributed by atoms with Gasteiger partial charge in [-0.05, 0) is 38.8 Å². The van der Waals surface area contributed by atoms with E-state index in [1.165, 1.54) is 10.6 Å². The number of nitrogens with one attached hydrogen (secondary N) is 1. The fourth-order valence-electron chi connectivity index (χ4n) is 1.91. The van der Waals surface area contributed by atoms with Crippen molar-refractivity contribution in [1.29, 1.82) is 0 Å². The molecule has 2 rings (SSSR count). The number of hydrogen-bond acceptors (Lipinski definition) is 4. The van der Waals surface area contributed by atoms with E-state index in [4.69, 9.17) is 4.42 Å². The summed E-state index contributed by atoms with van der Waals surface area (Å²) in [6.45, 7) is 5.32. The maximum absolute atomic E-state index is 5.33. The number of hydrogen-bond donors (Lipinski definition) is 1. The van der Waals surface area contributed by atoms with Crippen LogP contribution in [0.3, 0.4) is 0 Å². The summed E-state index contributed by atoms with van der Waals surface area (Å²) in [5, 5.41) is 3.55. The molecule has 0 aromatic carbocycles. The Morgan fingerprint density at radius 1 is 1.44 bits per heavy atom. The lowest BCUT2D eigenvalue weighted by atomic mass is 10.1. The van der Waals surface area contributed by atoms with Crippen molar-refractivity contribution in [3.05, 3.63) is 40.2 Å². The van der Waals surface area contributed by atoms with Gasteiger partial charge in [-0.1, -0.05) is 0 Å². The summed E-state index contributed by atoms with van der Waals surface area (Å²) >= 11 is 1.75. The Balaban J connectivity index is 1.63. The molecule has 98 valence electrons. The van der Waals surface area contributed by atoms with Crippen molar-refractivity contribution in [2.24, 2.45) is 0 Å². The molecule has 0 radical (unpaired) electrons. The Kier molecular flexibility index (Phi) is 4.96. The third-order valence-electron chi connectivity index (χ3n) is 3.09. The van der Waals surface area contributed by atoms with Crippen LogP contribution in [0.4, 0.5) is 0 Å². The molecule has 3 nitrogen and oxygen atoms in total. The predicted molar refractivity (Wildman–Crippen MR) is 75.0 cm³/mol. The van der Waals surface area contributed by atoms with Crippen molar-refractivity contribution in [3.8, 4) is 0 Å².